The van der Waals surface area contributed by atoms with Crippen LogP contribution < -0.4 is 11.4 Å². The molecule has 1 aromatic rings. The quantitative estimate of drug-likeness (QED) is 0.281. The summed E-state index contributed by atoms with van der Waals surface area (Å²) in [6.07, 6.45) is -4.63. The predicted octanol–water partition coefficient (Wildman–Crippen LogP) is -1.91. The molecule has 0 saturated carbocycles. The predicted molar refractivity (Wildman–Crippen MR) is 86.3 cm³/mol. The topological polar surface area (TPSA) is 215 Å². The van der Waals surface area contributed by atoms with Gasteiger partial charge in [-0.15, -0.1) is 0 Å². The van der Waals surface area contributed by atoms with Crippen molar-refractivity contribution in [3.8, 4) is 0 Å². The van der Waals surface area contributed by atoms with Crippen LogP contribution in [-0.4, -0.2) is 65.3 Å². The molecule has 0 bridgehead atoms. The van der Waals surface area contributed by atoms with E-state index in [4.69, 9.17) is 20.3 Å². The molecule has 15 heteroatoms. The molecule has 148 valence electrons. The lowest BCUT2D eigenvalue weighted by atomic mass is 10.1. The Balaban J connectivity index is 2.13. The van der Waals surface area contributed by atoms with Crippen LogP contribution in [0, 0.1) is 6.92 Å². The Kier molecular flexibility index (Phi) is 6.08. The summed E-state index contributed by atoms with van der Waals surface area (Å²) in [5.41, 5.74) is 5.07. The van der Waals surface area contributed by atoms with Crippen LogP contribution in [0.25, 0.3) is 0 Å². The zero-order chi connectivity index (χ0) is 19.9. The molecule has 1 fully saturated rings. The summed E-state index contributed by atoms with van der Waals surface area (Å²) in [6.45, 7) is 0.805. The number of nitrogens with zero attached hydrogens (tertiary/aromatic N) is 2. The second-order valence-corrected chi connectivity index (χ2v) is 9.78. The first-order valence-electron chi connectivity index (χ1n) is 7.18. The Bertz CT molecular complexity index is 823. The van der Waals surface area contributed by atoms with E-state index in [1.54, 1.807) is 6.92 Å². The summed E-state index contributed by atoms with van der Waals surface area (Å²) in [6, 6.07) is 0. The molecule has 3 unspecified atom stereocenters. The van der Waals surface area contributed by atoms with Crippen LogP contribution in [0.2, 0.25) is 0 Å². The molecule has 2 rings (SSSR count). The number of hydrogen-bond donors (Lipinski definition) is 6. The van der Waals surface area contributed by atoms with Crippen molar-refractivity contribution in [2.45, 2.75) is 31.5 Å². The fourth-order valence-corrected chi connectivity index (χ4v) is 4.89. The number of hydrogen-bond acceptors (Lipinski definition) is 9. The Labute approximate surface area is 146 Å². The lowest BCUT2D eigenvalue weighted by molar-refractivity contribution is -0.0524. The number of aliphatic hydroxyl groups is 2. The summed E-state index contributed by atoms with van der Waals surface area (Å²) in [5.74, 6) is -1.42. The molecule has 7 N–H and O–H groups in total. The van der Waals surface area contributed by atoms with Crippen molar-refractivity contribution in [3.63, 3.8) is 0 Å². The highest BCUT2D eigenvalue weighted by molar-refractivity contribution is 7.70. The molecule has 13 nitrogen and oxygen atoms in total. The third-order valence-corrected chi connectivity index (χ3v) is 7.04. The van der Waals surface area contributed by atoms with Gasteiger partial charge in [-0.3, -0.25) is 13.7 Å². The molecule has 5 atom stereocenters. The van der Waals surface area contributed by atoms with Gasteiger partial charge >= 0.3 is 20.9 Å². The van der Waals surface area contributed by atoms with Gasteiger partial charge in [-0.2, -0.15) is 4.98 Å². The average Bonchev–Trinajstić information content (AvgIpc) is 2.75. The van der Waals surface area contributed by atoms with Gasteiger partial charge in [-0.05, 0) is 6.92 Å². The summed E-state index contributed by atoms with van der Waals surface area (Å²) < 4.78 is 33.2. The number of ether oxygens (including phenoxy) is 1. The Morgan fingerprint density at radius 3 is 2.50 bits per heavy atom. The SMILES string of the molecule is Cc1cn([C@@H]2O[C@H](COP(=O)(O)CP(=O)(O)O)C(O)C2O)c(=O)nc1N. The Hall–Kier alpha value is -1.14. The van der Waals surface area contributed by atoms with Crippen LogP contribution in [0.3, 0.4) is 0 Å². The minimum absolute atomic E-state index is 0.0159. The highest BCUT2D eigenvalue weighted by atomic mass is 31.2. The van der Waals surface area contributed by atoms with Crippen molar-refractivity contribution in [2.24, 2.45) is 0 Å². The standard InChI is InChI=1S/C11H19N3O10P2/c1-5-2-14(11(17)13-9(5)12)10-8(16)7(15)6(24-10)3-23-26(21,22)4-25(18,19)20/h2,6-8,10,15-16H,3-4H2,1H3,(H,21,22)(H2,12,13,17)(H2,18,19,20)/t6-,7?,8?,10-/m1/s1. The van der Waals surface area contributed by atoms with E-state index in [1.807, 2.05) is 0 Å². The maximum atomic E-state index is 11.9. The molecule has 1 aromatic heterocycles. The number of nitrogen functional groups attached to an aromatic ring is 1. The lowest BCUT2D eigenvalue weighted by Crippen LogP contribution is -2.36. The maximum absolute atomic E-state index is 11.9. The van der Waals surface area contributed by atoms with Gasteiger partial charge in [0.05, 0.1) is 6.61 Å². The van der Waals surface area contributed by atoms with Gasteiger partial charge < -0.3 is 39.9 Å². The van der Waals surface area contributed by atoms with E-state index < -0.39 is 57.9 Å². The highest BCUT2D eigenvalue weighted by Crippen LogP contribution is 2.55. The van der Waals surface area contributed by atoms with Crippen LogP contribution in [-0.2, 0) is 18.4 Å². The minimum Gasteiger partial charge on any atom is -0.387 e. The first-order valence-corrected chi connectivity index (χ1v) is 10.7. The third kappa shape index (κ3) is 4.97. The zero-order valence-corrected chi connectivity index (χ0v) is 15.2. The molecule has 0 aliphatic carbocycles. The van der Waals surface area contributed by atoms with Gasteiger partial charge in [-0.1, -0.05) is 0 Å². The summed E-state index contributed by atoms with van der Waals surface area (Å²) in [4.78, 5) is 42.3. The lowest BCUT2D eigenvalue weighted by Gasteiger charge is -2.18. The number of rotatable bonds is 6. The van der Waals surface area contributed by atoms with Crippen LogP contribution in [0.4, 0.5) is 5.82 Å². The highest BCUT2D eigenvalue weighted by Gasteiger charge is 2.45. The number of aryl methyl sites for hydroxylation is 1. The fraction of sp³-hybridized carbons (Fsp3) is 0.636. The zero-order valence-electron chi connectivity index (χ0n) is 13.4. The van der Waals surface area contributed by atoms with Gasteiger partial charge in [0.25, 0.3) is 0 Å². The first-order chi connectivity index (χ1) is 11.8. The third-order valence-electron chi connectivity index (χ3n) is 3.59. The van der Waals surface area contributed by atoms with E-state index in [1.165, 1.54) is 6.20 Å². The molecule has 1 aliphatic heterocycles. The van der Waals surface area contributed by atoms with Gasteiger partial charge in [0.2, 0.25) is 0 Å². The molecule has 1 saturated heterocycles. The van der Waals surface area contributed by atoms with Crippen LogP contribution in [0.5, 0.6) is 0 Å². The van der Waals surface area contributed by atoms with Gasteiger partial charge in [0, 0.05) is 11.8 Å². The molecule has 0 amide bonds. The summed E-state index contributed by atoms with van der Waals surface area (Å²) >= 11 is 0. The smallest absolute Gasteiger partial charge is 0.351 e. The number of aromatic nitrogens is 2. The average molecular weight is 415 g/mol. The van der Waals surface area contributed by atoms with Crippen LogP contribution in [0.15, 0.2) is 11.0 Å². The summed E-state index contributed by atoms with van der Waals surface area (Å²) in [5, 5.41) is 20.1. The molecule has 0 radical (unpaired) electrons. The van der Waals surface area contributed by atoms with E-state index in [-0.39, 0.29) is 5.82 Å². The molecule has 0 spiro atoms. The van der Waals surface area contributed by atoms with Gasteiger partial charge in [0.1, 0.15) is 24.1 Å². The van der Waals surface area contributed by atoms with Crippen LogP contribution >= 0.6 is 15.2 Å². The second-order valence-electron chi connectivity index (χ2n) is 5.78. The second kappa shape index (κ2) is 7.47. The van der Waals surface area contributed by atoms with Crippen molar-refractivity contribution in [1.82, 2.24) is 9.55 Å². The van der Waals surface area contributed by atoms with E-state index in [2.05, 4.69) is 9.51 Å². The Morgan fingerprint density at radius 1 is 1.31 bits per heavy atom. The van der Waals surface area contributed by atoms with E-state index in [9.17, 15) is 29.0 Å². The van der Waals surface area contributed by atoms with Gasteiger partial charge in [0.15, 0.2) is 12.1 Å². The van der Waals surface area contributed by atoms with Crippen molar-refractivity contribution in [1.29, 1.82) is 0 Å². The normalized spacial score (nSPS) is 28.8. The Morgan fingerprint density at radius 2 is 1.92 bits per heavy atom. The van der Waals surface area contributed by atoms with E-state index in [0.29, 0.717) is 5.56 Å². The molecule has 2 heterocycles. The maximum Gasteiger partial charge on any atom is 0.351 e. The molecule has 1 aliphatic rings. The number of nitrogens with two attached hydrogens (primary N) is 1. The van der Waals surface area contributed by atoms with Crippen molar-refractivity contribution in [2.75, 3.05) is 18.2 Å². The van der Waals surface area contributed by atoms with Crippen molar-refractivity contribution < 1.29 is 43.3 Å². The van der Waals surface area contributed by atoms with E-state index in [0.717, 1.165) is 4.57 Å². The summed E-state index contributed by atoms with van der Waals surface area (Å²) in [7, 11) is -9.47. The molecular formula is C11H19N3O10P2. The largest absolute Gasteiger partial charge is 0.387 e. The molecule has 26 heavy (non-hydrogen) atoms. The number of anilines is 1. The number of aliphatic hydroxyl groups excluding tert-OH is 2. The molecule has 0 aromatic carbocycles. The monoisotopic (exact) mass is 415 g/mol. The van der Waals surface area contributed by atoms with Crippen LogP contribution in [0.1, 0.15) is 11.8 Å². The van der Waals surface area contributed by atoms with Crippen molar-refractivity contribution in [3.05, 3.63) is 22.2 Å². The van der Waals surface area contributed by atoms with Gasteiger partial charge in [-0.25, -0.2) is 4.79 Å². The first kappa shape index (κ1) is 21.2. The molecular weight excluding hydrogens is 396 g/mol. The fourth-order valence-electron chi connectivity index (χ4n) is 2.32. The van der Waals surface area contributed by atoms with Crippen molar-refractivity contribution >= 4 is 21.0 Å². The minimum atomic E-state index is -4.81. The van der Waals surface area contributed by atoms with E-state index >= 15 is 0 Å².